The van der Waals surface area contributed by atoms with Crippen LogP contribution in [0.4, 0.5) is 0 Å². The first-order valence-corrected chi connectivity index (χ1v) is 13.7. The van der Waals surface area contributed by atoms with Crippen LogP contribution in [-0.4, -0.2) is 60.4 Å². The molecule has 4 aliphatic carbocycles. The topological polar surface area (TPSA) is 69.7 Å². The predicted molar refractivity (Wildman–Crippen MR) is 120 cm³/mol. The van der Waals surface area contributed by atoms with E-state index in [9.17, 15) is 5.11 Å². The molecule has 0 aromatic heterocycles. The van der Waals surface area contributed by atoms with Crippen LogP contribution >= 0.6 is 0 Å². The van der Waals surface area contributed by atoms with Gasteiger partial charge in [-0.25, -0.2) is 0 Å². The van der Waals surface area contributed by atoms with Crippen LogP contribution in [-0.2, 0) is 23.7 Å². The van der Waals surface area contributed by atoms with E-state index >= 15 is 0 Å². The number of hydrogen-bond donors (Lipinski definition) is 1. The number of rotatable bonds is 3. The standard InChI is InChI=1S/C27H42O6/c1-4-5-7-24(28)16-23(3)19(6-8-27(23)31-13-14-32-27)18-15-20-26(33-20)17-25(29-11-12-30-25)10-9-22(26,2)21(18)24/h18-21,28H,4-17H2,1-3H3/t18-,19+,20-,21+,22-,23+,24+,26-/m1/s1. The molecule has 6 heteroatoms. The Morgan fingerprint density at radius 2 is 1.61 bits per heavy atom. The van der Waals surface area contributed by atoms with Gasteiger partial charge < -0.3 is 28.8 Å². The van der Waals surface area contributed by atoms with E-state index in [0.717, 1.165) is 64.2 Å². The molecule has 4 saturated carbocycles. The molecule has 3 heterocycles. The molecule has 0 amide bonds. The molecule has 3 aliphatic heterocycles. The molecular formula is C27H42O6. The van der Waals surface area contributed by atoms with Gasteiger partial charge in [0.2, 0.25) is 0 Å². The summed E-state index contributed by atoms with van der Waals surface area (Å²) in [5, 5.41) is 12.7. The van der Waals surface area contributed by atoms with E-state index in [4.69, 9.17) is 23.7 Å². The number of ether oxygens (including phenoxy) is 5. The maximum atomic E-state index is 12.7. The molecule has 0 bridgehead atoms. The van der Waals surface area contributed by atoms with E-state index in [1.165, 1.54) is 0 Å². The van der Waals surface area contributed by atoms with Crippen molar-refractivity contribution in [3.05, 3.63) is 0 Å². The van der Waals surface area contributed by atoms with E-state index in [-0.39, 0.29) is 28.5 Å². The molecule has 6 nitrogen and oxygen atoms in total. The van der Waals surface area contributed by atoms with Gasteiger partial charge in [-0.3, -0.25) is 0 Å². The lowest BCUT2D eigenvalue weighted by atomic mass is 9.40. The van der Waals surface area contributed by atoms with Crippen LogP contribution in [0.2, 0.25) is 0 Å². The maximum Gasteiger partial charge on any atom is 0.174 e. The minimum atomic E-state index is -0.723. The lowest BCUT2D eigenvalue weighted by molar-refractivity contribution is -0.294. The Balaban J connectivity index is 1.30. The molecule has 3 saturated heterocycles. The molecule has 0 radical (unpaired) electrons. The zero-order valence-electron chi connectivity index (χ0n) is 20.7. The number of fused-ring (bicyclic) bond motifs is 5. The molecule has 33 heavy (non-hydrogen) atoms. The lowest BCUT2D eigenvalue weighted by Crippen LogP contribution is -2.69. The van der Waals surface area contributed by atoms with Gasteiger partial charge in [0.1, 0.15) is 5.60 Å². The van der Waals surface area contributed by atoms with E-state index in [2.05, 4.69) is 20.8 Å². The Kier molecular flexibility index (Phi) is 4.49. The molecule has 3 spiro atoms. The van der Waals surface area contributed by atoms with Crippen molar-refractivity contribution in [3.8, 4) is 0 Å². The monoisotopic (exact) mass is 462 g/mol. The molecule has 0 aromatic carbocycles. The highest BCUT2D eigenvalue weighted by molar-refractivity contribution is 5.29. The summed E-state index contributed by atoms with van der Waals surface area (Å²) in [5.74, 6) is 0.225. The van der Waals surface area contributed by atoms with E-state index in [0.29, 0.717) is 38.3 Å². The normalized spacial score (nSPS) is 55.3. The number of hydrogen-bond acceptors (Lipinski definition) is 6. The number of aliphatic hydroxyl groups is 1. The quantitative estimate of drug-likeness (QED) is 0.635. The summed E-state index contributed by atoms with van der Waals surface area (Å²) >= 11 is 0. The zero-order chi connectivity index (χ0) is 22.7. The summed E-state index contributed by atoms with van der Waals surface area (Å²) in [6.45, 7) is 9.78. The highest BCUT2D eigenvalue weighted by Gasteiger charge is 2.82. The highest BCUT2D eigenvalue weighted by atomic mass is 16.7. The van der Waals surface area contributed by atoms with Crippen LogP contribution in [0.15, 0.2) is 0 Å². The second-order valence-corrected chi connectivity index (χ2v) is 13.0. The van der Waals surface area contributed by atoms with Crippen LogP contribution < -0.4 is 0 Å². The van der Waals surface area contributed by atoms with E-state index in [1.54, 1.807) is 0 Å². The Morgan fingerprint density at radius 3 is 2.33 bits per heavy atom. The molecule has 186 valence electrons. The van der Waals surface area contributed by atoms with Crippen LogP contribution in [0.3, 0.4) is 0 Å². The third-order valence-electron chi connectivity index (χ3n) is 11.7. The van der Waals surface area contributed by atoms with Crippen molar-refractivity contribution in [2.75, 3.05) is 26.4 Å². The van der Waals surface area contributed by atoms with Gasteiger partial charge in [0, 0.05) is 30.1 Å². The predicted octanol–water partition coefficient (Wildman–Crippen LogP) is 4.18. The summed E-state index contributed by atoms with van der Waals surface area (Å²) in [4.78, 5) is 0. The van der Waals surface area contributed by atoms with E-state index < -0.39 is 17.2 Å². The fourth-order valence-corrected chi connectivity index (χ4v) is 10.5. The SMILES string of the molecule is CCCC[C@]1(O)C[C@@]2(C)[C@@H](CCC23OCCO3)[C@H]2C[C@H]3O[C@]34CC3(CC[C@]4(C)[C@H]21)OCCO3. The van der Waals surface area contributed by atoms with Gasteiger partial charge in [-0.1, -0.05) is 33.6 Å². The molecule has 0 unspecified atom stereocenters. The zero-order valence-corrected chi connectivity index (χ0v) is 20.7. The average molecular weight is 463 g/mol. The molecule has 8 atom stereocenters. The van der Waals surface area contributed by atoms with Crippen molar-refractivity contribution in [1.29, 1.82) is 0 Å². The van der Waals surface area contributed by atoms with Gasteiger partial charge in [0.05, 0.1) is 38.1 Å². The van der Waals surface area contributed by atoms with Crippen LogP contribution in [0.1, 0.15) is 85.0 Å². The van der Waals surface area contributed by atoms with Crippen molar-refractivity contribution >= 4 is 0 Å². The Labute approximate surface area is 198 Å². The van der Waals surface area contributed by atoms with Gasteiger partial charge in [0.15, 0.2) is 11.6 Å². The lowest BCUT2D eigenvalue weighted by Gasteiger charge is -2.65. The largest absolute Gasteiger partial charge is 0.390 e. The number of unbranched alkanes of at least 4 members (excludes halogenated alkanes) is 1. The fourth-order valence-electron chi connectivity index (χ4n) is 10.5. The van der Waals surface area contributed by atoms with Gasteiger partial charge in [-0.05, 0) is 49.9 Å². The second-order valence-electron chi connectivity index (χ2n) is 13.0. The van der Waals surface area contributed by atoms with E-state index in [1.807, 2.05) is 0 Å². The maximum absolute atomic E-state index is 12.7. The van der Waals surface area contributed by atoms with Crippen molar-refractivity contribution in [2.24, 2.45) is 28.6 Å². The van der Waals surface area contributed by atoms with Gasteiger partial charge in [-0.15, -0.1) is 0 Å². The minimum absolute atomic E-state index is 0.0574. The van der Waals surface area contributed by atoms with Crippen molar-refractivity contribution < 1.29 is 28.8 Å². The molecule has 1 N–H and O–H groups in total. The molecular weight excluding hydrogens is 420 g/mol. The third-order valence-corrected chi connectivity index (χ3v) is 11.7. The summed E-state index contributed by atoms with van der Waals surface area (Å²) < 4.78 is 31.8. The first-order valence-electron chi connectivity index (χ1n) is 13.7. The van der Waals surface area contributed by atoms with Gasteiger partial charge >= 0.3 is 0 Å². The van der Waals surface area contributed by atoms with Crippen LogP contribution in [0.25, 0.3) is 0 Å². The van der Waals surface area contributed by atoms with Gasteiger partial charge in [-0.2, -0.15) is 0 Å². The molecule has 7 rings (SSSR count). The Bertz CT molecular complexity index is 819. The highest BCUT2D eigenvalue weighted by Crippen LogP contribution is 2.78. The summed E-state index contributed by atoms with van der Waals surface area (Å²) in [7, 11) is 0. The fraction of sp³-hybridized carbons (Fsp3) is 1.00. The average Bonchev–Trinajstić information content (AvgIpc) is 3.14. The summed E-state index contributed by atoms with van der Waals surface area (Å²) in [5.41, 5.74) is -1.13. The first-order chi connectivity index (χ1) is 15.8. The number of epoxide rings is 1. The van der Waals surface area contributed by atoms with Gasteiger partial charge in [0.25, 0.3) is 0 Å². The molecule has 7 fully saturated rings. The third kappa shape index (κ3) is 2.56. The molecule has 0 aromatic rings. The molecule has 7 aliphatic rings. The second kappa shape index (κ2) is 6.74. The van der Waals surface area contributed by atoms with Crippen molar-refractivity contribution in [1.82, 2.24) is 0 Å². The smallest absolute Gasteiger partial charge is 0.174 e. The van der Waals surface area contributed by atoms with Crippen molar-refractivity contribution in [3.63, 3.8) is 0 Å². The van der Waals surface area contributed by atoms with Crippen LogP contribution in [0, 0.1) is 28.6 Å². The van der Waals surface area contributed by atoms with Crippen LogP contribution in [0.5, 0.6) is 0 Å². The Morgan fingerprint density at radius 1 is 0.879 bits per heavy atom. The first kappa shape index (κ1) is 22.0. The summed E-state index contributed by atoms with van der Waals surface area (Å²) in [6.07, 6.45) is 9.92. The van der Waals surface area contributed by atoms with Crippen molar-refractivity contribution in [2.45, 2.75) is 114 Å². The summed E-state index contributed by atoms with van der Waals surface area (Å²) in [6, 6.07) is 0. The minimum Gasteiger partial charge on any atom is -0.390 e. The Hall–Kier alpha value is -0.240.